The van der Waals surface area contributed by atoms with Crippen LogP contribution in [0.2, 0.25) is 0 Å². The molecule has 1 aliphatic rings. The van der Waals surface area contributed by atoms with Crippen LogP contribution >= 0.6 is 0 Å². The van der Waals surface area contributed by atoms with Gasteiger partial charge in [0.25, 0.3) is 0 Å². The third-order valence-electron chi connectivity index (χ3n) is 3.99. The molecule has 0 fully saturated rings. The Balaban J connectivity index is 1.99. The minimum atomic E-state index is -0.0248. The van der Waals surface area contributed by atoms with E-state index in [9.17, 15) is 5.11 Å². The van der Waals surface area contributed by atoms with Crippen molar-refractivity contribution in [3.63, 3.8) is 0 Å². The third-order valence-corrected chi connectivity index (χ3v) is 3.99. The van der Waals surface area contributed by atoms with E-state index in [0.29, 0.717) is 0 Å². The van der Waals surface area contributed by atoms with Crippen LogP contribution in [0.3, 0.4) is 0 Å². The third kappa shape index (κ3) is 4.05. The molecule has 0 saturated heterocycles. The van der Waals surface area contributed by atoms with Gasteiger partial charge in [-0.1, -0.05) is 32.0 Å². The average Bonchev–Trinajstić information content (AvgIpc) is 2.38. The van der Waals surface area contributed by atoms with Gasteiger partial charge in [-0.25, -0.2) is 0 Å². The van der Waals surface area contributed by atoms with Crippen LogP contribution in [0.25, 0.3) is 0 Å². The summed E-state index contributed by atoms with van der Waals surface area (Å²) >= 11 is 0. The molecule has 0 unspecified atom stereocenters. The maximum absolute atomic E-state index is 9.34. The molecule has 106 valence electrons. The Hall–Kier alpha value is -0.860. The lowest BCUT2D eigenvalue weighted by Crippen LogP contribution is -2.33. The molecular weight excluding hydrogens is 234 g/mol. The van der Waals surface area contributed by atoms with Crippen molar-refractivity contribution < 1.29 is 5.11 Å². The first-order valence-electron chi connectivity index (χ1n) is 7.40. The zero-order chi connectivity index (χ0) is 13.9. The lowest BCUT2D eigenvalue weighted by atomic mass is 9.90. The molecule has 0 aromatic heterocycles. The summed E-state index contributed by atoms with van der Waals surface area (Å²) in [5.41, 5.74) is 4.48. The minimum Gasteiger partial charge on any atom is -0.396 e. The van der Waals surface area contributed by atoms with Crippen LogP contribution in [-0.2, 0) is 19.4 Å². The fourth-order valence-electron chi connectivity index (χ4n) is 3.03. The van der Waals surface area contributed by atoms with E-state index in [4.69, 9.17) is 0 Å². The summed E-state index contributed by atoms with van der Waals surface area (Å²) in [6, 6.07) is 6.97. The van der Waals surface area contributed by atoms with Crippen LogP contribution in [0.5, 0.6) is 0 Å². The quantitative estimate of drug-likeness (QED) is 0.880. The topological polar surface area (TPSA) is 23.5 Å². The maximum atomic E-state index is 9.34. The van der Waals surface area contributed by atoms with E-state index in [1.807, 2.05) is 0 Å². The average molecular weight is 261 g/mol. The number of nitrogens with zero attached hydrogens (tertiary/aromatic N) is 1. The summed E-state index contributed by atoms with van der Waals surface area (Å²) in [4.78, 5) is 2.31. The van der Waals surface area contributed by atoms with Gasteiger partial charge in [0.05, 0.1) is 0 Å². The van der Waals surface area contributed by atoms with E-state index >= 15 is 0 Å². The van der Waals surface area contributed by atoms with Crippen LogP contribution in [0.4, 0.5) is 0 Å². The van der Waals surface area contributed by atoms with E-state index in [1.165, 1.54) is 31.2 Å². The van der Waals surface area contributed by atoms with Gasteiger partial charge in [0, 0.05) is 25.1 Å². The molecule has 0 saturated carbocycles. The Morgan fingerprint density at radius 3 is 2.53 bits per heavy atom. The van der Waals surface area contributed by atoms with Gasteiger partial charge in [-0.3, -0.25) is 0 Å². The lowest BCUT2D eigenvalue weighted by Gasteiger charge is -2.28. The van der Waals surface area contributed by atoms with Crippen LogP contribution in [0, 0.1) is 5.41 Å². The summed E-state index contributed by atoms with van der Waals surface area (Å²) in [5, 5.41) is 9.34. The number of benzene rings is 1. The highest BCUT2D eigenvalue weighted by molar-refractivity contribution is 5.33. The summed E-state index contributed by atoms with van der Waals surface area (Å²) < 4.78 is 0. The Morgan fingerprint density at radius 1 is 1.16 bits per heavy atom. The molecule has 19 heavy (non-hydrogen) atoms. The van der Waals surface area contributed by atoms with E-state index < -0.39 is 0 Å². The standard InChI is InChI=1S/C17H27NO/c1-17(2,13-19)12-18(3)11-14-8-9-15-6-4-5-7-16(15)10-14/h8-10,19H,4-7,11-13H2,1-3H3. The fraction of sp³-hybridized carbons (Fsp3) is 0.647. The SMILES string of the molecule is CN(Cc1ccc2c(c1)CCCC2)CC(C)(C)CO. The monoisotopic (exact) mass is 261 g/mol. The number of aryl methyl sites for hydroxylation is 2. The summed E-state index contributed by atoms with van der Waals surface area (Å²) in [6.45, 7) is 6.34. The molecule has 0 heterocycles. The van der Waals surface area contributed by atoms with Gasteiger partial charge in [-0.2, -0.15) is 0 Å². The van der Waals surface area contributed by atoms with E-state index in [0.717, 1.165) is 13.1 Å². The van der Waals surface area contributed by atoms with Crippen LogP contribution in [-0.4, -0.2) is 30.2 Å². The Kier molecular flexibility index (Phi) is 4.64. The normalized spacial score (nSPS) is 15.6. The smallest absolute Gasteiger partial charge is 0.0494 e. The molecule has 0 atom stereocenters. The number of rotatable bonds is 5. The highest BCUT2D eigenvalue weighted by Gasteiger charge is 2.19. The van der Waals surface area contributed by atoms with Crippen LogP contribution < -0.4 is 0 Å². The van der Waals surface area contributed by atoms with Crippen molar-refractivity contribution in [2.24, 2.45) is 5.41 Å². The summed E-state index contributed by atoms with van der Waals surface area (Å²) in [7, 11) is 2.14. The predicted molar refractivity (Wildman–Crippen MR) is 80.3 cm³/mol. The van der Waals surface area contributed by atoms with Crippen LogP contribution in [0.1, 0.15) is 43.4 Å². The first-order valence-corrected chi connectivity index (χ1v) is 7.40. The number of hydrogen-bond donors (Lipinski definition) is 1. The van der Waals surface area contributed by atoms with E-state index in [-0.39, 0.29) is 12.0 Å². The van der Waals surface area contributed by atoms with Gasteiger partial charge in [-0.15, -0.1) is 0 Å². The molecule has 0 aliphatic heterocycles. The molecule has 1 aromatic carbocycles. The molecule has 2 heteroatoms. The number of hydrogen-bond acceptors (Lipinski definition) is 2. The van der Waals surface area contributed by atoms with Crippen molar-refractivity contribution >= 4 is 0 Å². The molecule has 1 aliphatic carbocycles. The predicted octanol–water partition coefficient (Wildman–Crippen LogP) is 3.02. The molecule has 1 N–H and O–H groups in total. The van der Waals surface area contributed by atoms with Crippen molar-refractivity contribution in [1.29, 1.82) is 0 Å². The van der Waals surface area contributed by atoms with Gasteiger partial charge in [-0.05, 0) is 49.4 Å². The molecule has 2 nitrogen and oxygen atoms in total. The summed E-state index contributed by atoms with van der Waals surface area (Å²) in [6.07, 6.45) is 5.18. The van der Waals surface area contributed by atoms with Gasteiger partial charge in [0.2, 0.25) is 0 Å². The number of aliphatic hydroxyl groups excluding tert-OH is 1. The second-order valence-electron chi connectivity index (χ2n) is 6.80. The first-order chi connectivity index (χ1) is 9.00. The molecule has 2 rings (SSSR count). The fourth-order valence-corrected chi connectivity index (χ4v) is 3.03. The van der Waals surface area contributed by atoms with Gasteiger partial charge >= 0.3 is 0 Å². The van der Waals surface area contributed by atoms with Crippen molar-refractivity contribution in [1.82, 2.24) is 4.90 Å². The van der Waals surface area contributed by atoms with E-state index in [2.05, 4.69) is 44.0 Å². The van der Waals surface area contributed by atoms with Gasteiger partial charge < -0.3 is 10.0 Å². The highest BCUT2D eigenvalue weighted by atomic mass is 16.3. The summed E-state index contributed by atoms with van der Waals surface area (Å²) in [5.74, 6) is 0. The molecule has 0 radical (unpaired) electrons. The lowest BCUT2D eigenvalue weighted by molar-refractivity contribution is 0.112. The van der Waals surface area contributed by atoms with Crippen molar-refractivity contribution in [2.75, 3.05) is 20.2 Å². The number of aliphatic hydroxyl groups is 1. The highest BCUT2D eigenvalue weighted by Crippen LogP contribution is 2.23. The molecule has 0 amide bonds. The molecular formula is C17H27NO. The molecule has 0 bridgehead atoms. The van der Waals surface area contributed by atoms with E-state index in [1.54, 1.807) is 11.1 Å². The molecule has 1 aromatic rings. The minimum absolute atomic E-state index is 0.0248. The maximum Gasteiger partial charge on any atom is 0.0494 e. The van der Waals surface area contributed by atoms with Crippen molar-refractivity contribution in [3.8, 4) is 0 Å². The largest absolute Gasteiger partial charge is 0.396 e. The second-order valence-corrected chi connectivity index (χ2v) is 6.80. The number of fused-ring (bicyclic) bond motifs is 1. The van der Waals surface area contributed by atoms with Crippen molar-refractivity contribution in [3.05, 3.63) is 34.9 Å². The van der Waals surface area contributed by atoms with Gasteiger partial charge in [0.1, 0.15) is 0 Å². The Labute approximate surface area is 117 Å². The van der Waals surface area contributed by atoms with Crippen LogP contribution in [0.15, 0.2) is 18.2 Å². The van der Waals surface area contributed by atoms with Crippen molar-refractivity contribution in [2.45, 2.75) is 46.1 Å². The van der Waals surface area contributed by atoms with Gasteiger partial charge in [0.15, 0.2) is 0 Å². The zero-order valence-electron chi connectivity index (χ0n) is 12.6. The second kappa shape index (κ2) is 6.06. The Bertz CT molecular complexity index is 425. The molecule has 0 spiro atoms. The Morgan fingerprint density at radius 2 is 1.84 bits per heavy atom. The zero-order valence-corrected chi connectivity index (χ0v) is 12.6. The first kappa shape index (κ1) is 14.5.